The molecule has 0 bridgehead atoms. The smallest absolute Gasteiger partial charge is 0.307 e. The van der Waals surface area contributed by atoms with Crippen molar-refractivity contribution in [3.05, 3.63) is 42.0 Å². The van der Waals surface area contributed by atoms with Crippen LogP contribution >= 0.6 is 0 Å². The van der Waals surface area contributed by atoms with Crippen LogP contribution in [0.5, 0.6) is 5.75 Å². The number of hydrogen-bond donors (Lipinski definition) is 2. The van der Waals surface area contributed by atoms with E-state index >= 15 is 0 Å². The van der Waals surface area contributed by atoms with E-state index in [0.717, 1.165) is 42.3 Å². The SMILES string of the molecule is O=C(O)Cc1c(OCC2CCNCC2)ccc2ccccc12. The van der Waals surface area contributed by atoms with Crippen LogP contribution in [0.3, 0.4) is 0 Å². The summed E-state index contributed by atoms with van der Waals surface area (Å²) >= 11 is 0. The molecule has 2 aromatic rings. The normalized spacial score (nSPS) is 15.8. The molecule has 3 rings (SSSR count). The van der Waals surface area contributed by atoms with Gasteiger partial charge in [-0.25, -0.2) is 0 Å². The zero-order chi connectivity index (χ0) is 15.4. The van der Waals surface area contributed by atoms with E-state index in [0.29, 0.717) is 18.3 Å². The van der Waals surface area contributed by atoms with Gasteiger partial charge in [0.15, 0.2) is 0 Å². The summed E-state index contributed by atoms with van der Waals surface area (Å²) in [6.45, 7) is 2.73. The van der Waals surface area contributed by atoms with Crippen molar-refractivity contribution in [2.75, 3.05) is 19.7 Å². The molecular formula is C18H21NO3. The maximum atomic E-state index is 11.2. The second kappa shape index (κ2) is 6.79. The highest BCUT2D eigenvalue weighted by atomic mass is 16.5. The number of piperidine rings is 1. The molecule has 0 unspecified atom stereocenters. The van der Waals surface area contributed by atoms with Gasteiger partial charge in [0.1, 0.15) is 5.75 Å². The van der Waals surface area contributed by atoms with Crippen molar-refractivity contribution in [3.8, 4) is 5.75 Å². The second-order valence-electron chi connectivity index (χ2n) is 5.84. The van der Waals surface area contributed by atoms with Gasteiger partial charge in [-0.05, 0) is 48.7 Å². The largest absolute Gasteiger partial charge is 0.493 e. The third kappa shape index (κ3) is 3.39. The van der Waals surface area contributed by atoms with Crippen molar-refractivity contribution in [1.82, 2.24) is 5.32 Å². The van der Waals surface area contributed by atoms with Crippen molar-refractivity contribution < 1.29 is 14.6 Å². The summed E-state index contributed by atoms with van der Waals surface area (Å²) in [5.41, 5.74) is 0.777. The van der Waals surface area contributed by atoms with Crippen LogP contribution < -0.4 is 10.1 Å². The Bertz CT molecular complexity index is 662. The average Bonchev–Trinajstić information content (AvgIpc) is 2.54. The molecule has 1 saturated heterocycles. The van der Waals surface area contributed by atoms with E-state index in [9.17, 15) is 9.90 Å². The molecule has 4 nitrogen and oxygen atoms in total. The second-order valence-corrected chi connectivity index (χ2v) is 5.84. The third-order valence-electron chi connectivity index (χ3n) is 4.26. The molecule has 22 heavy (non-hydrogen) atoms. The van der Waals surface area contributed by atoms with E-state index in [1.54, 1.807) is 0 Å². The first-order valence-electron chi connectivity index (χ1n) is 7.80. The van der Waals surface area contributed by atoms with Gasteiger partial charge in [0.05, 0.1) is 13.0 Å². The number of ether oxygens (including phenoxy) is 1. The summed E-state index contributed by atoms with van der Waals surface area (Å²) in [7, 11) is 0. The minimum Gasteiger partial charge on any atom is -0.493 e. The maximum Gasteiger partial charge on any atom is 0.307 e. The molecule has 0 radical (unpaired) electrons. The number of carbonyl (C=O) groups is 1. The fraction of sp³-hybridized carbons (Fsp3) is 0.389. The van der Waals surface area contributed by atoms with Gasteiger partial charge in [0, 0.05) is 5.56 Å². The summed E-state index contributed by atoms with van der Waals surface area (Å²) in [5.74, 6) is 0.424. The average molecular weight is 299 g/mol. The van der Waals surface area contributed by atoms with Crippen LogP contribution in [-0.2, 0) is 11.2 Å². The fourth-order valence-electron chi connectivity index (χ4n) is 3.04. The third-order valence-corrected chi connectivity index (χ3v) is 4.26. The minimum atomic E-state index is -0.830. The number of carboxylic acids is 1. The number of fused-ring (bicyclic) bond motifs is 1. The number of benzene rings is 2. The lowest BCUT2D eigenvalue weighted by Gasteiger charge is -2.23. The van der Waals surface area contributed by atoms with Crippen LogP contribution in [0.15, 0.2) is 36.4 Å². The summed E-state index contributed by atoms with van der Waals surface area (Å²) < 4.78 is 5.99. The Morgan fingerprint density at radius 3 is 2.73 bits per heavy atom. The molecule has 2 aromatic carbocycles. The molecular weight excluding hydrogens is 278 g/mol. The fourth-order valence-corrected chi connectivity index (χ4v) is 3.04. The Labute approximate surface area is 130 Å². The Balaban J connectivity index is 1.85. The van der Waals surface area contributed by atoms with Crippen LogP contribution in [0.1, 0.15) is 18.4 Å². The lowest BCUT2D eigenvalue weighted by Crippen LogP contribution is -2.30. The van der Waals surface area contributed by atoms with Crippen LogP contribution in [-0.4, -0.2) is 30.8 Å². The van der Waals surface area contributed by atoms with Gasteiger partial charge in [-0.1, -0.05) is 30.3 Å². The van der Waals surface area contributed by atoms with E-state index in [1.165, 1.54) is 0 Å². The summed E-state index contributed by atoms with van der Waals surface area (Å²) in [6, 6.07) is 11.8. The molecule has 1 aliphatic rings. The Morgan fingerprint density at radius 2 is 1.95 bits per heavy atom. The monoisotopic (exact) mass is 299 g/mol. The van der Waals surface area contributed by atoms with E-state index in [1.807, 2.05) is 36.4 Å². The molecule has 1 aliphatic heterocycles. The van der Waals surface area contributed by atoms with Crippen LogP contribution in [0, 0.1) is 5.92 Å². The maximum absolute atomic E-state index is 11.2. The highest BCUT2D eigenvalue weighted by Crippen LogP contribution is 2.29. The molecule has 0 atom stereocenters. The van der Waals surface area contributed by atoms with Crippen molar-refractivity contribution in [2.24, 2.45) is 5.92 Å². The molecule has 4 heteroatoms. The molecule has 116 valence electrons. The van der Waals surface area contributed by atoms with Crippen molar-refractivity contribution >= 4 is 16.7 Å². The number of hydrogen-bond acceptors (Lipinski definition) is 3. The van der Waals surface area contributed by atoms with Gasteiger partial charge in [-0.2, -0.15) is 0 Å². The van der Waals surface area contributed by atoms with Gasteiger partial charge in [0.25, 0.3) is 0 Å². The first kappa shape index (κ1) is 14.9. The predicted molar refractivity (Wildman–Crippen MR) is 86.4 cm³/mol. The first-order valence-corrected chi connectivity index (χ1v) is 7.80. The molecule has 1 heterocycles. The topological polar surface area (TPSA) is 58.6 Å². The van der Waals surface area contributed by atoms with E-state index in [2.05, 4.69) is 5.32 Å². The molecule has 2 N–H and O–H groups in total. The van der Waals surface area contributed by atoms with Gasteiger partial charge in [-0.15, -0.1) is 0 Å². The molecule has 0 saturated carbocycles. The van der Waals surface area contributed by atoms with E-state index < -0.39 is 5.97 Å². The minimum absolute atomic E-state index is 0.0110. The lowest BCUT2D eigenvalue weighted by atomic mass is 9.98. The number of rotatable bonds is 5. The number of aliphatic carboxylic acids is 1. The van der Waals surface area contributed by atoms with Gasteiger partial charge >= 0.3 is 5.97 Å². The summed E-state index contributed by atoms with van der Waals surface area (Å²) in [5, 5.41) is 14.6. The van der Waals surface area contributed by atoms with Gasteiger partial charge < -0.3 is 15.2 Å². The van der Waals surface area contributed by atoms with Crippen LogP contribution in [0.25, 0.3) is 10.8 Å². The molecule has 1 fully saturated rings. The Morgan fingerprint density at radius 1 is 1.18 bits per heavy atom. The van der Waals surface area contributed by atoms with Crippen molar-refractivity contribution in [2.45, 2.75) is 19.3 Å². The summed E-state index contributed by atoms with van der Waals surface area (Å²) in [6.07, 6.45) is 2.21. The van der Waals surface area contributed by atoms with Crippen LogP contribution in [0.2, 0.25) is 0 Å². The van der Waals surface area contributed by atoms with E-state index in [-0.39, 0.29) is 6.42 Å². The zero-order valence-electron chi connectivity index (χ0n) is 12.5. The Hall–Kier alpha value is -2.07. The standard InChI is InChI=1S/C18H21NO3/c20-18(21)11-16-15-4-2-1-3-14(15)5-6-17(16)22-12-13-7-9-19-10-8-13/h1-6,13,19H,7-12H2,(H,20,21). The molecule has 0 aromatic heterocycles. The number of carboxylic acid groups (broad SMARTS) is 1. The quantitative estimate of drug-likeness (QED) is 0.891. The highest BCUT2D eigenvalue weighted by molar-refractivity contribution is 5.90. The van der Waals surface area contributed by atoms with Gasteiger partial charge in [0.2, 0.25) is 0 Å². The first-order chi connectivity index (χ1) is 10.7. The molecule has 0 amide bonds. The predicted octanol–water partition coefficient (Wildman–Crippen LogP) is 2.85. The molecule has 0 spiro atoms. The van der Waals surface area contributed by atoms with E-state index in [4.69, 9.17) is 4.74 Å². The highest BCUT2D eigenvalue weighted by Gasteiger charge is 2.16. The van der Waals surface area contributed by atoms with Crippen molar-refractivity contribution in [3.63, 3.8) is 0 Å². The van der Waals surface area contributed by atoms with Crippen molar-refractivity contribution in [1.29, 1.82) is 0 Å². The molecule has 0 aliphatic carbocycles. The Kier molecular flexibility index (Phi) is 4.59. The van der Waals surface area contributed by atoms with Crippen LogP contribution in [0.4, 0.5) is 0 Å². The summed E-state index contributed by atoms with van der Waals surface area (Å²) in [4.78, 5) is 11.2. The lowest BCUT2D eigenvalue weighted by molar-refractivity contribution is -0.136. The zero-order valence-corrected chi connectivity index (χ0v) is 12.5. The van der Waals surface area contributed by atoms with Gasteiger partial charge in [-0.3, -0.25) is 4.79 Å². The number of nitrogens with one attached hydrogen (secondary N) is 1.